The molecule has 0 amide bonds. The van der Waals surface area contributed by atoms with Gasteiger partial charge in [0.1, 0.15) is 0 Å². The van der Waals surface area contributed by atoms with Crippen molar-refractivity contribution in [1.82, 2.24) is 9.97 Å². The van der Waals surface area contributed by atoms with Crippen LogP contribution in [-0.4, -0.2) is 21.5 Å². The fourth-order valence-corrected chi connectivity index (χ4v) is 2.34. The summed E-state index contributed by atoms with van der Waals surface area (Å²) in [6, 6.07) is 0.494. The molecular weight excluding hydrogens is 238 g/mol. The van der Waals surface area contributed by atoms with E-state index in [-0.39, 0.29) is 5.54 Å². The van der Waals surface area contributed by atoms with E-state index < -0.39 is 0 Å². The molecule has 2 rings (SSSR count). The lowest BCUT2D eigenvalue weighted by Gasteiger charge is -2.25. The van der Waals surface area contributed by atoms with Gasteiger partial charge in [0.05, 0.1) is 11.9 Å². The van der Waals surface area contributed by atoms with Gasteiger partial charge in [0.25, 0.3) is 0 Å². The third-order valence-electron chi connectivity index (χ3n) is 3.25. The normalized spacial score (nSPS) is 17.2. The van der Waals surface area contributed by atoms with Crippen molar-refractivity contribution in [2.75, 3.05) is 16.4 Å². The molecule has 1 fully saturated rings. The minimum absolute atomic E-state index is 0.0573. The van der Waals surface area contributed by atoms with Crippen LogP contribution in [0.1, 0.15) is 52.9 Å². The van der Waals surface area contributed by atoms with Crippen LogP contribution in [0.4, 0.5) is 17.5 Å². The second-order valence-electron chi connectivity index (χ2n) is 6.35. The molecule has 5 heteroatoms. The first-order chi connectivity index (χ1) is 8.94. The largest absolute Gasteiger partial charge is 0.394 e. The third kappa shape index (κ3) is 4.26. The Bertz CT molecular complexity index is 418. The Kier molecular flexibility index (Phi) is 4.12. The Morgan fingerprint density at radius 2 is 1.89 bits per heavy atom. The first-order valence-electron chi connectivity index (χ1n) is 7.11. The van der Waals surface area contributed by atoms with Crippen molar-refractivity contribution in [3.05, 3.63) is 6.20 Å². The van der Waals surface area contributed by atoms with Crippen molar-refractivity contribution in [2.24, 2.45) is 0 Å². The number of hydrogen-bond donors (Lipinski definition) is 3. The molecule has 1 heterocycles. The average molecular weight is 263 g/mol. The van der Waals surface area contributed by atoms with Gasteiger partial charge in [-0.3, -0.25) is 0 Å². The average Bonchev–Trinajstić information content (AvgIpc) is 2.33. The molecule has 5 nitrogen and oxygen atoms in total. The second-order valence-corrected chi connectivity index (χ2v) is 6.35. The Morgan fingerprint density at radius 3 is 2.53 bits per heavy atom. The Labute approximate surface area is 115 Å². The molecule has 0 aliphatic heterocycles. The number of anilines is 3. The molecule has 0 spiro atoms. The summed E-state index contributed by atoms with van der Waals surface area (Å²) < 4.78 is 0. The first kappa shape index (κ1) is 13.9. The highest BCUT2D eigenvalue weighted by atomic mass is 15.2. The molecule has 0 unspecified atom stereocenters. The number of nitrogens with one attached hydrogen (secondary N) is 2. The highest BCUT2D eigenvalue weighted by Crippen LogP contribution is 2.24. The highest BCUT2D eigenvalue weighted by Gasteiger charge is 2.17. The number of aromatic nitrogens is 2. The quantitative estimate of drug-likeness (QED) is 0.781. The summed E-state index contributed by atoms with van der Waals surface area (Å²) in [5.41, 5.74) is 6.51. The standard InChI is InChI=1S/C14H25N5/c1-14(2,3)19-13-16-9-11(15)12(18-13)17-10-7-5-4-6-8-10/h9-10H,4-8,15H2,1-3H3,(H2,16,17,18,19). The Hall–Kier alpha value is -1.52. The maximum absolute atomic E-state index is 5.96. The summed E-state index contributed by atoms with van der Waals surface area (Å²) in [5, 5.41) is 6.73. The van der Waals surface area contributed by atoms with Crippen molar-refractivity contribution in [3.8, 4) is 0 Å². The van der Waals surface area contributed by atoms with Gasteiger partial charge in [0.15, 0.2) is 5.82 Å². The lowest BCUT2D eigenvalue weighted by atomic mass is 9.95. The highest BCUT2D eigenvalue weighted by molar-refractivity contribution is 5.62. The van der Waals surface area contributed by atoms with Crippen LogP contribution in [0.3, 0.4) is 0 Å². The van der Waals surface area contributed by atoms with E-state index in [1.165, 1.54) is 32.1 Å². The molecule has 1 aliphatic carbocycles. The van der Waals surface area contributed by atoms with Crippen LogP contribution in [0.2, 0.25) is 0 Å². The van der Waals surface area contributed by atoms with E-state index in [1.54, 1.807) is 6.20 Å². The van der Waals surface area contributed by atoms with E-state index >= 15 is 0 Å². The van der Waals surface area contributed by atoms with E-state index in [9.17, 15) is 0 Å². The number of rotatable bonds is 3. The molecule has 0 bridgehead atoms. The summed E-state index contributed by atoms with van der Waals surface area (Å²) in [7, 11) is 0. The van der Waals surface area contributed by atoms with Gasteiger partial charge >= 0.3 is 0 Å². The molecule has 19 heavy (non-hydrogen) atoms. The van der Waals surface area contributed by atoms with Crippen molar-refractivity contribution in [3.63, 3.8) is 0 Å². The maximum atomic E-state index is 5.96. The third-order valence-corrected chi connectivity index (χ3v) is 3.25. The molecular formula is C14H25N5. The number of nitrogens with zero attached hydrogens (tertiary/aromatic N) is 2. The smallest absolute Gasteiger partial charge is 0.225 e. The van der Waals surface area contributed by atoms with Crippen molar-refractivity contribution < 1.29 is 0 Å². The fraction of sp³-hybridized carbons (Fsp3) is 0.714. The van der Waals surface area contributed by atoms with Gasteiger partial charge in [-0.2, -0.15) is 4.98 Å². The molecule has 1 saturated carbocycles. The van der Waals surface area contributed by atoms with Gasteiger partial charge in [-0.1, -0.05) is 19.3 Å². The molecule has 0 atom stereocenters. The van der Waals surface area contributed by atoms with Gasteiger partial charge in [0, 0.05) is 11.6 Å². The summed E-state index contributed by atoms with van der Waals surface area (Å²) in [5.74, 6) is 1.38. The van der Waals surface area contributed by atoms with Gasteiger partial charge in [-0.05, 0) is 33.6 Å². The van der Waals surface area contributed by atoms with Crippen molar-refractivity contribution in [2.45, 2.75) is 64.5 Å². The molecule has 4 N–H and O–H groups in total. The lowest BCUT2D eigenvalue weighted by Crippen LogP contribution is -2.28. The first-order valence-corrected chi connectivity index (χ1v) is 7.11. The van der Waals surface area contributed by atoms with E-state index in [0.717, 1.165) is 5.82 Å². The number of hydrogen-bond acceptors (Lipinski definition) is 5. The van der Waals surface area contributed by atoms with E-state index in [0.29, 0.717) is 17.7 Å². The molecule has 0 aromatic carbocycles. The van der Waals surface area contributed by atoms with Crippen LogP contribution in [0.15, 0.2) is 6.20 Å². The topological polar surface area (TPSA) is 75.9 Å². The summed E-state index contributed by atoms with van der Waals surface area (Å²) in [6.45, 7) is 6.25. The molecule has 1 aromatic heterocycles. The minimum atomic E-state index is -0.0573. The number of nitrogens with two attached hydrogens (primary N) is 1. The zero-order valence-corrected chi connectivity index (χ0v) is 12.2. The Morgan fingerprint density at radius 1 is 1.21 bits per heavy atom. The zero-order valence-electron chi connectivity index (χ0n) is 12.2. The molecule has 0 radical (unpaired) electrons. The minimum Gasteiger partial charge on any atom is -0.394 e. The molecule has 106 valence electrons. The fourth-order valence-electron chi connectivity index (χ4n) is 2.34. The van der Waals surface area contributed by atoms with E-state index in [4.69, 9.17) is 5.73 Å². The van der Waals surface area contributed by atoms with Crippen LogP contribution < -0.4 is 16.4 Å². The monoisotopic (exact) mass is 263 g/mol. The second kappa shape index (κ2) is 5.63. The van der Waals surface area contributed by atoms with Gasteiger partial charge in [-0.15, -0.1) is 0 Å². The SMILES string of the molecule is CC(C)(C)Nc1ncc(N)c(NC2CCCCC2)n1. The summed E-state index contributed by atoms with van der Waals surface area (Å²) >= 11 is 0. The zero-order chi connectivity index (χ0) is 13.9. The molecule has 0 saturated heterocycles. The predicted octanol–water partition coefficient (Wildman–Crippen LogP) is 3.01. The predicted molar refractivity (Wildman–Crippen MR) is 80.3 cm³/mol. The maximum Gasteiger partial charge on any atom is 0.225 e. The summed E-state index contributed by atoms with van der Waals surface area (Å²) in [4.78, 5) is 8.72. The molecule has 1 aromatic rings. The van der Waals surface area contributed by atoms with Gasteiger partial charge in [0.2, 0.25) is 5.95 Å². The molecule has 1 aliphatic rings. The van der Waals surface area contributed by atoms with Crippen LogP contribution in [0.5, 0.6) is 0 Å². The van der Waals surface area contributed by atoms with Crippen LogP contribution >= 0.6 is 0 Å². The van der Waals surface area contributed by atoms with Crippen molar-refractivity contribution in [1.29, 1.82) is 0 Å². The van der Waals surface area contributed by atoms with Gasteiger partial charge in [-0.25, -0.2) is 4.98 Å². The van der Waals surface area contributed by atoms with E-state index in [2.05, 4.69) is 41.4 Å². The number of nitrogen functional groups attached to an aromatic ring is 1. The van der Waals surface area contributed by atoms with Crippen LogP contribution in [0, 0.1) is 0 Å². The van der Waals surface area contributed by atoms with Crippen molar-refractivity contribution >= 4 is 17.5 Å². The summed E-state index contributed by atoms with van der Waals surface area (Å²) in [6.07, 6.45) is 7.99. The lowest BCUT2D eigenvalue weighted by molar-refractivity contribution is 0.462. The Balaban J connectivity index is 2.08. The van der Waals surface area contributed by atoms with Crippen LogP contribution in [0.25, 0.3) is 0 Å². The van der Waals surface area contributed by atoms with Crippen LogP contribution in [-0.2, 0) is 0 Å². The van der Waals surface area contributed by atoms with Gasteiger partial charge < -0.3 is 16.4 Å². The van der Waals surface area contributed by atoms with E-state index in [1.807, 2.05) is 0 Å².